The highest BCUT2D eigenvalue weighted by molar-refractivity contribution is 5.38. The summed E-state index contributed by atoms with van der Waals surface area (Å²) in [7, 11) is 0. The van der Waals surface area contributed by atoms with Gasteiger partial charge in [0.1, 0.15) is 5.75 Å². The van der Waals surface area contributed by atoms with Crippen LogP contribution in [0.4, 0.5) is 6.01 Å². The van der Waals surface area contributed by atoms with E-state index in [-0.39, 0.29) is 6.10 Å². The Balaban J connectivity index is 1.37. The molecule has 7 nitrogen and oxygen atoms in total. The van der Waals surface area contributed by atoms with Crippen molar-refractivity contribution in [2.45, 2.75) is 39.0 Å². The minimum absolute atomic E-state index is 0.210. The molecule has 4 rings (SSSR count). The Hall–Kier alpha value is -2.83. The van der Waals surface area contributed by atoms with E-state index in [2.05, 4.69) is 33.6 Å². The number of rotatable bonds is 6. The van der Waals surface area contributed by atoms with Crippen molar-refractivity contribution in [1.29, 1.82) is 0 Å². The molecule has 3 aromatic rings. The highest BCUT2D eigenvalue weighted by atomic mass is 16.5. The number of benzene rings is 1. The van der Waals surface area contributed by atoms with Crippen LogP contribution in [0.2, 0.25) is 0 Å². The Morgan fingerprint density at radius 3 is 3.08 bits per heavy atom. The van der Waals surface area contributed by atoms with Crippen LogP contribution in [0, 0.1) is 0 Å². The standard InChI is InChI=1S/C17H19N5O2/c1-2-7-22-11-12(10-19-22)9-18-17-21-20-16(24-17)15-8-13-5-3-4-6-14(13)23-15/h3-6,10-11,15H,2,7-9H2,1H3,(H,18,21)/t15-/m0/s1. The molecule has 0 radical (unpaired) electrons. The van der Waals surface area contributed by atoms with E-state index in [0.29, 0.717) is 18.5 Å². The van der Waals surface area contributed by atoms with E-state index in [1.54, 1.807) is 0 Å². The summed E-state index contributed by atoms with van der Waals surface area (Å²) in [6, 6.07) is 8.37. The van der Waals surface area contributed by atoms with Crippen molar-refractivity contribution >= 4 is 6.01 Å². The van der Waals surface area contributed by atoms with Gasteiger partial charge in [0.25, 0.3) is 5.89 Å². The van der Waals surface area contributed by atoms with E-state index in [4.69, 9.17) is 9.15 Å². The molecule has 1 aliphatic heterocycles. The van der Waals surface area contributed by atoms with Crippen LogP contribution in [-0.2, 0) is 19.5 Å². The minimum Gasteiger partial charge on any atom is -0.480 e. The van der Waals surface area contributed by atoms with E-state index < -0.39 is 0 Å². The highest BCUT2D eigenvalue weighted by Gasteiger charge is 2.28. The predicted molar refractivity (Wildman–Crippen MR) is 87.7 cm³/mol. The highest BCUT2D eigenvalue weighted by Crippen LogP contribution is 2.36. The number of anilines is 1. The molecule has 0 aliphatic carbocycles. The lowest BCUT2D eigenvalue weighted by molar-refractivity contribution is 0.199. The van der Waals surface area contributed by atoms with Crippen LogP contribution < -0.4 is 10.1 Å². The molecular formula is C17H19N5O2. The van der Waals surface area contributed by atoms with Gasteiger partial charge in [-0.05, 0) is 18.1 Å². The third-order valence-corrected chi connectivity index (χ3v) is 3.95. The molecule has 7 heteroatoms. The molecule has 0 amide bonds. The van der Waals surface area contributed by atoms with Gasteiger partial charge >= 0.3 is 6.01 Å². The number of ether oxygens (including phenoxy) is 1. The number of aromatic nitrogens is 4. The second-order valence-corrected chi connectivity index (χ2v) is 5.83. The van der Waals surface area contributed by atoms with Crippen LogP contribution in [0.25, 0.3) is 0 Å². The first kappa shape index (κ1) is 14.7. The maximum atomic E-state index is 5.86. The molecule has 124 valence electrons. The topological polar surface area (TPSA) is 78.0 Å². The van der Waals surface area contributed by atoms with Crippen LogP contribution in [0.15, 0.2) is 41.1 Å². The van der Waals surface area contributed by atoms with Crippen molar-refractivity contribution in [2.24, 2.45) is 0 Å². The molecule has 1 aromatic carbocycles. The van der Waals surface area contributed by atoms with Crippen LogP contribution in [0.3, 0.4) is 0 Å². The fourth-order valence-electron chi connectivity index (χ4n) is 2.78. The van der Waals surface area contributed by atoms with Gasteiger partial charge in [-0.15, -0.1) is 5.10 Å². The second-order valence-electron chi connectivity index (χ2n) is 5.83. The first-order valence-electron chi connectivity index (χ1n) is 8.15. The summed E-state index contributed by atoms with van der Waals surface area (Å²) in [5.74, 6) is 1.38. The summed E-state index contributed by atoms with van der Waals surface area (Å²) in [5.41, 5.74) is 2.24. The summed E-state index contributed by atoms with van der Waals surface area (Å²) in [5, 5.41) is 15.6. The molecular weight excluding hydrogens is 306 g/mol. The zero-order chi connectivity index (χ0) is 16.4. The molecule has 3 heterocycles. The number of fused-ring (bicyclic) bond motifs is 1. The lowest BCUT2D eigenvalue weighted by Crippen LogP contribution is -2.03. The van der Waals surface area contributed by atoms with Gasteiger partial charge in [0.15, 0.2) is 6.10 Å². The largest absolute Gasteiger partial charge is 0.480 e. The van der Waals surface area contributed by atoms with Crippen molar-refractivity contribution in [1.82, 2.24) is 20.0 Å². The Morgan fingerprint density at radius 1 is 1.29 bits per heavy atom. The molecule has 0 saturated carbocycles. The van der Waals surface area contributed by atoms with Gasteiger partial charge in [0, 0.05) is 31.3 Å². The Morgan fingerprint density at radius 2 is 2.21 bits per heavy atom. The second kappa shape index (κ2) is 6.35. The van der Waals surface area contributed by atoms with Crippen molar-refractivity contribution in [2.75, 3.05) is 5.32 Å². The van der Waals surface area contributed by atoms with Gasteiger partial charge < -0.3 is 14.5 Å². The number of nitrogens with one attached hydrogen (secondary N) is 1. The molecule has 2 aromatic heterocycles. The van der Waals surface area contributed by atoms with Crippen LogP contribution >= 0.6 is 0 Å². The van der Waals surface area contributed by atoms with Crippen molar-refractivity contribution in [3.05, 3.63) is 53.7 Å². The van der Waals surface area contributed by atoms with Gasteiger partial charge in [-0.3, -0.25) is 4.68 Å². The molecule has 1 aliphatic rings. The number of para-hydroxylation sites is 1. The Bertz CT molecular complexity index is 801. The Labute approximate surface area is 139 Å². The molecule has 0 saturated heterocycles. The molecule has 0 spiro atoms. The summed E-state index contributed by atoms with van der Waals surface area (Å²) in [4.78, 5) is 0. The number of hydrogen-bond donors (Lipinski definition) is 1. The van der Waals surface area contributed by atoms with Crippen molar-refractivity contribution in [3.63, 3.8) is 0 Å². The average Bonchev–Trinajstić information content (AvgIpc) is 3.32. The molecule has 24 heavy (non-hydrogen) atoms. The monoisotopic (exact) mass is 325 g/mol. The predicted octanol–water partition coefficient (Wildman–Crippen LogP) is 2.96. The van der Waals surface area contributed by atoms with Crippen LogP contribution in [0.1, 0.15) is 36.5 Å². The lowest BCUT2D eigenvalue weighted by Gasteiger charge is -2.04. The first-order valence-corrected chi connectivity index (χ1v) is 8.15. The SMILES string of the molecule is CCCn1cc(CNc2nnc([C@@H]3Cc4ccccc4O3)o2)cn1. The third-order valence-electron chi connectivity index (χ3n) is 3.95. The van der Waals surface area contributed by atoms with Gasteiger partial charge in [-0.2, -0.15) is 5.10 Å². The molecule has 0 bridgehead atoms. The van der Waals surface area contributed by atoms with Crippen LogP contribution in [0.5, 0.6) is 5.75 Å². The van der Waals surface area contributed by atoms with E-state index >= 15 is 0 Å². The minimum atomic E-state index is -0.210. The van der Waals surface area contributed by atoms with Crippen LogP contribution in [-0.4, -0.2) is 20.0 Å². The normalized spacial score (nSPS) is 16.0. The zero-order valence-electron chi connectivity index (χ0n) is 13.5. The fraction of sp³-hybridized carbons (Fsp3) is 0.353. The van der Waals surface area contributed by atoms with Crippen molar-refractivity contribution < 1.29 is 9.15 Å². The maximum absolute atomic E-state index is 5.86. The summed E-state index contributed by atoms with van der Waals surface area (Å²) in [6.07, 6.45) is 5.46. The third kappa shape index (κ3) is 2.97. The summed E-state index contributed by atoms with van der Waals surface area (Å²) in [6.45, 7) is 3.64. The summed E-state index contributed by atoms with van der Waals surface area (Å²) >= 11 is 0. The number of hydrogen-bond acceptors (Lipinski definition) is 6. The van der Waals surface area contributed by atoms with Gasteiger partial charge in [0.05, 0.1) is 6.20 Å². The smallest absolute Gasteiger partial charge is 0.315 e. The maximum Gasteiger partial charge on any atom is 0.315 e. The molecule has 1 N–H and O–H groups in total. The summed E-state index contributed by atoms with van der Waals surface area (Å²) < 4.78 is 13.5. The van der Waals surface area contributed by atoms with E-state index in [0.717, 1.165) is 30.7 Å². The number of aryl methyl sites for hydroxylation is 1. The van der Waals surface area contributed by atoms with E-state index in [9.17, 15) is 0 Å². The number of nitrogens with zero attached hydrogens (tertiary/aromatic N) is 4. The van der Waals surface area contributed by atoms with E-state index in [1.807, 2.05) is 35.3 Å². The van der Waals surface area contributed by atoms with E-state index in [1.165, 1.54) is 5.56 Å². The molecule has 1 atom stereocenters. The van der Waals surface area contributed by atoms with Gasteiger partial charge in [0.2, 0.25) is 0 Å². The Kier molecular flexibility index (Phi) is 3.90. The quantitative estimate of drug-likeness (QED) is 0.751. The zero-order valence-corrected chi connectivity index (χ0v) is 13.5. The lowest BCUT2D eigenvalue weighted by atomic mass is 10.1. The fourth-order valence-corrected chi connectivity index (χ4v) is 2.78. The molecule has 0 fully saturated rings. The average molecular weight is 325 g/mol. The molecule has 0 unspecified atom stereocenters. The first-order chi connectivity index (χ1) is 11.8. The van der Waals surface area contributed by atoms with Gasteiger partial charge in [-0.25, -0.2) is 0 Å². The van der Waals surface area contributed by atoms with Gasteiger partial charge in [-0.1, -0.05) is 30.2 Å². The van der Waals surface area contributed by atoms with Crippen molar-refractivity contribution in [3.8, 4) is 5.75 Å².